The van der Waals surface area contributed by atoms with Crippen LogP contribution in [0.3, 0.4) is 0 Å². The smallest absolute Gasteiger partial charge is 0.274 e. The molecule has 0 aliphatic heterocycles. The van der Waals surface area contributed by atoms with Crippen molar-refractivity contribution in [2.24, 2.45) is 0 Å². The van der Waals surface area contributed by atoms with Crippen LogP contribution in [0.2, 0.25) is 0 Å². The molecule has 27 heavy (non-hydrogen) atoms. The summed E-state index contributed by atoms with van der Waals surface area (Å²) in [5.74, 6) is -0.747. The number of benzene rings is 2. The van der Waals surface area contributed by atoms with Gasteiger partial charge >= 0.3 is 0 Å². The molecule has 0 unspecified atom stereocenters. The van der Waals surface area contributed by atoms with Crippen molar-refractivity contribution in [1.29, 1.82) is 0 Å². The average molecular weight is 357 g/mol. The lowest BCUT2D eigenvalue weighted by atomic mass is 10.1. The van der Waals surface area contributed by atoms with E-state index in [1.807, 2.05) is 0 Å². The first-order valence-electron chi connectivity index (χ1n) is 8.03. The minimum Gasteiger partial charge on any atom is -0.321 e. The van der Waals surface area contributed by atoms with Crippen LogP contribution in [0.1, 0.15) is 10.5 Å². The Hall–Kier alpha value is -4.05. The number of fused-ring (bicyclic) bond motifs is 1. The minimum atomic E-state index is -0.389. The Balaban J connectivity index is 1.67. The van der Waals surface area contributed by atoms with E-state index in [2.05, 4.69) is 20.2 Å². The third-order valence-corrected chi connectivity index (χ3v) is 3.99. The highest BCUT2D eigenvalue weighted by atomic mass is 19.1. The third-order valence-electron chi connectivity index (χ3n) is 3.99. The maximum Gasteiger partial charge on any atom is 0.274 e. The van der Waals surface area contributed by atoms with E-state index in [1.54, 1.807) is 54.9 Å². The number of nitrogens with one attached hydrogen (secondary N) is 1. The van der Waals surface area contributed by atoms with Gasteiger partial charge < -0.3 is 5.32 Å². The van der Waals surface area contributed by atoms with E-state index >= 15 is 0 Å². The van der Waals surface area contributed by atoms with Gasteiger partial charge in [-0.1, -0.05) is 24.3 Å². The molecule has 0 bridgehead atoms. The summed E-state index contributed by atoms with van der Waals surface area (Å²) in [7, 11) is 0. The number of rotatable bonds is 3. The molecule has 0 aliphatic carbocycles. The van der Waals surface area contributed by atoms with Crippen molar-refractivity contribution in [3.05, 3.63) is 89.9 Å². The summed E-state index contributed by atoms with van der Waals surface area (Å²) >= 11 is 0. The predicted octanol–water partition coefficient (Wildman–Crippen LogP) is 4.34. The molecule has 2 aromatic carbocycles. The van der Waals surface area contributed by atoms with Crippen molar-refractivity contribution in [3.8, 4) is 11.1 Å². The summed E-state index contributed by atoms with van der Waals surface area (Å²) in [5, 5.41) is 6.94. The molecule has 4 rings (SSSR count). The van der Waals surface area contributed by atoms with E-state index in [0.29, 0.717) is 28.1 Å². The lowest BCUT2D eigenvalue weighted by Gasteiger charge is -2.06. The fourth-order valence-electron chi connectivity index (χ4n) is 2.67. The number of anilines is 1. The Morgan fingerprint density at radius 3 is 2.70 bits per heavy atom. The lowest BCUT2D eigenvalue weighted by molar-refractivity contribution is 0.102. The molecule has 1 N–H and O–H groups in total. The highest BCUT2D eigenvalue weighted by Crippen LogP contribution is 2.24. The van der Waals surface area contributed by atoms with Gasteiger partial charge in [-0.05, 0) is 35.9 Å². The number of hydrogen-bond donors (Lipinski definition) is 1. The van der Waals surface area contributed by atoms with Gasteiger partial charge in [0.1, 0.15) is 11.5 Å². The normalized spacial score (nSPS) is 10.5. The van der Waals surface area contributed by atoms with Gasteiger partial charge in [-0.3, -0.25) is 4.79 Å². The van der Waals surface area contributed by atoms with Crippen molar-refractivity contribution in [2.45, 2.75) is 0 Å². The minimum absolute atomic E-state index is 0.204. The van der Waals surface area contributed by atoms with Crippen LogP contribution in [0.4, 0.5) is 15.8 Å². The van der Waals surface area contributed by atoms with Crippen LogP contribution in [0.25, 0.3) is 21.6 Å². The molecule has 2 heterocycles. The molecule has 0 saturated heterocycles. The summed E-state index contributed by atoms with van der Waals surface area (Å²) in [6, 6.07) is 14.2. The summed E-state index contributed by atoms with van der Waals surface area (Å²) in [4.78, 5) is 20.2. The molecule has 0 spiro atoms. The van der Waals surface area contributed by atoms with E-state index in [-0.39, 0.29) is 17.4 Å². The molecule has 0 fully saturated rings. The first-order chi connectivity index (χ1) is 13.1. The van der Waals surface area contributed by atoms with E-state index in [4.69, 9.17) is 6.57 Å². The third kappa shape index (κ3) is 3.24. The number of amides is 1. The van der Waals surface area contributed by atoms with Crippen molar-refractivity contribution < 1.29 is 9.18 Å². The second-order valence-electron chi connectivity index (χ2n) is 5.76. The number of carbonyl (C=O) groups is 1. The van der Waals surface area contributed by atoms with Crippen LogP contribution < -0.4 is 5.32 Å². The van der Waals surface area contributed by atoms with Crippen LogP contribution >= 0.6 is 0 Å². The molecule has 0 aliphatic rings. The fraction of sp³-hybridized carbons (Fsp3) is 0. The van der Waals surface area contributed by atoms with Gasteiger partial charge in [0.25, 0.3) is 5.91 Å². The largest absolute Gasteiger partial charge is 0.321 e. The van der Waals surface area contributed by atoms with E-state index in [9.17, 15) is 9.18 Å². The van der Waals surface area contributed by atoms with Gasteiger partial charge in [-0.25, -0.2) is 18.7 Å². The van der Waals surface area contributed by atoms with Crippen LogP contribution in [-0.2, 0) is 0 Å². The number of carbonyl (C=O) groups excluding carboxylic acids is 1. The van der Waals surface area contributed by atoms with Gasteiger partial charge in [0.05, 0.1) is 12.8 Å². The molecule has 0 saturated carbocycles. The first-order valence-corrected chi connectivity index (χ1v) is 8.03. The Kier molecular flexibility index (Phi) is 4.07. The Morgan fingerprint density at radius 1 is 1.15 bits per heavy atom. The molecule has 0 radical (unpaired) electrons. The topological polar surface area (TPSA) is 63.7 Å². The zero-order valence-electron chi connectivity index (χ0n) is 13.9. The molecule has 2 aromatic heterocycles. The second-order valence-corrected chi connectivity index (χ2v) is 5.76. The standard InChI is InChI=1S/C20H12FN5O/c1-22-15-5-7-16(8-6-15)24-20(27)18-9-10-26-19(25-18)17(12-23-26)13-3-2-4-14(21)11-13/h2-12H,(H,24,27). The summed E-state index contributed by atoms with van der Waals surface area (Å²) < 4.78 is 15.1. The van der Waals surface area contributed by atoms with E-state index in [0.717, 1.165) is 0 Å². The van der Waals surface area contributed by atoms with Crippen molar-refractivity contribution in [3.63, 3.8) is 0 Å². The second kappa shape index (κ2) is 6.69. The summed E-state index contributed by atoms with van der Waals surface area (Å²) in [6.45, 7) is 6.95. The van der Waals surface area contributed by atoms with E-state index < -0.39 is 0 Å². The van der Waals surface area contributed by atoms with Gasteiger partial charge in [0.15, 0.2) is 11.3 Å². The SMILES string of the molecule is [C-]#[N+]c1ccc(NC(=O)c2ccn3ncc(-c4cccc(F)c4)c3n2)cc1. The highest BCUT2D eigenvalue weighted by molar-refractivity contribution is 6.03. The fourth-order valence-corrected chi connectivity index (χ4v) is 2.67. The highest BCUT2D eigenvalue weighted by Gasteiger charge is 2.13. The van der Waals surface area contributed by atoms with Gasteiger partial charge in [-0.15, -0.1) is 0 Å². The maximum atomic E-state index is 13.5. The van der Waals surface area contributed by atoms with Crippen molar-refractivity contribution >= 4 is 22.9 Å². The molecular weight excluding hydrogens is 345 g/mol. The quantitative estimate of drug-likeness (QED) is 0.555. The van der Waals surface area contributed by atoms with Crippen molar-refractivity contribution in [2.75, 3.05) is 5.32 Å². The van der Waals surface area contributed by atoms with Crippen molar-refractivity contribution in [1.82, 2.24) is 14.6 Å². The molecular formula is C20H12FN5O. The van der Waals surface area contributed by atoms with Crippen LogP contribution in [0, 0.1) is 12.4 Å². The number of aromatic nitrogens is 3. The number of hydrogen-bond acceptors (Lipinski definition) is 3. The molecule has 1 amide bonds. The van der Waals surface area contributed by atoms with Gasteiger partial charge in [0, 0.05) is 17.4 Å². The zero-order chi connectivity index (χ0) is 18.8. The van der Waals surface area contributed by atoms with E-state index in [1.165, 1.54) is 16.6 Å². The zero-order valence-corrected chi connectivity index (χ0v) is 13.9. The summed E-state index contributed by atoms with van der Waals surface area (Å²) in [5.41, 5.74) is 2.97. The van der Waals surface area contributed by atoms with Crippen LogP contribution in [0.5, 0.6) is 0 Å². The first kappa shape index (κ1) is 16.4. The Labute approximate surface area is 153 Å². The Bertz CT molecular complexity index is 1190. The summed E-state index contributed by atoms with van der Waals surface area (Å²) in [6.07, 6.45) is 3.21. The Morgan fingerprint density at radius 2 is 1.96 bits per heavy atom. The monoisotopic (exact) mass is 357 g/mol. The van der Waals surface area contributed by atoms with Crippen LogP contribution in [-0.4, -0.2) is 20.5 Å². The maximum absolute atomic E-state index is 13.5. The predicted molar refractivity (Wildman–Crippen MR) is 99.0 cm³/mol. The average Bonchev–Trinajstić information content (AvgIpc) is 3.12. The molecule has 7 heteroatoms. The number of halogens is 1. The van der Waals surface area contributed by atoms with Gasteiger partial charge in [-0.2, -0.15) is 5.10 Å². The molecule has 6 nitrogen and oxygen atoms in total. The number of nitrogens with zero attached hydrogens (tertiary/aromatic N) is 4. The lowest BCUT2D eigenvalue weighted by Crippen LogP contribution is -2.14. The van der Waals surface area contributed by atoms with Crippen LogP contribution in [0.15, 0.2) is 67.0 Å². The van der Waals surface area contributed by atoms with Gasteiger partial charge in [0.2, 0.25) is 0 Å². The molecule has 130 valence electrons. The molecule has 4 aromatic rings. The molecule has 0 atom stereocenters.